The maximum Gasteiger partial charge on any atom is 0.411 e. The van der Waals surface area contributed by atoms with Gasteiger partial charge in [-0.2, -0.15) is 13.2 Å². The molecule has 0 aliphatic heterocycles. The lowest BCUT2D eigenvalue weighted by molar-refractivity contribution is -0.186. The van der Waals surface area contributed by atoms with E-state index < -0.39 is 12.8 Å². The highest BCUT2D eigenvalue weighted by Crippen LogP contribution is 2.22. The number of ether oxygens (including phenoxy) is 1. The summed E-state index contributed by atoms with van der Waals surface area (Å²) in [5.74, 6) is 0. The summed E-state index contributed by atoms with van der Waals surface area (Å²) < 4.78 is 40.2. The summed E-state index contributed by atoms with van der Waals surface area (Å²) in [5.41, 5.74) is 0. The second-order valence-corrected chi connectivity index (χ2v) is 3.54. The Morgan fingerprint density at radius 2 is 1.54 bits per heavy atom. The molecule has 1 aliphatic carbocycles. The van der Waals surface area contributed by atoms with Crippen LogP contribution in [0.2, 0.25) is 0 Å². The van der Waals surface area contributed by atoms with Gasteiger partial charge in [0.15, 0.2) is 0 Å². The Bertz CT molecular complexity index is 136. The van der Waals surface area contributed by atoms with E-state index in [1.807, 2.05) is 0 Å². The summed E-state index contributed by atoms with van der Waals surface area (Å²) in [7, 11) is 0. The third kappa shape index (κ3) is 5.13. The van der Waals surface area contributed by atoms with Crippen LogP contribution < -0.4 is 0 Å². The summed E-state index contributed by atoms with van der Waals surface area (Å²) in [6, 6.07) is 0. The molecule has 0 amide bonds. The molecule has 0 aromatic carbocycles. The van der Waals surface area contributed by atoms with Crippen LogP contribution in [0.5, 0.6) is 0 Å². The first-order valence-corrected chi connectivity index (χ1v) is 4.76. The smallest absolute Gasteiger partial charge is 0.369 e. The fourth-order valence-electron chi connectivity index (χ4n) is 1.62. The van der Waals surface area contributed by atoms with E-state index in [2.05, 4.69) is 0 Å². The second kappa shape index (κ2) is 4.84. The molecule has 0 aromatic heterocycles. The van der Waals surface area contributed by atoms with Crippen molar-refractivity contribution in [1.82, 2.24) is 0 Å². The molecule has 0 saturated heterocycles. The second-order valence-electron chi connectivity index (χ2n) is 3.54. The Hall–Kier alpha value is -0.250. The molecule has 1 aliphatic rings. The van der Waals surface area contributed by atoms with E-state index in [-0.39, 0.29) is 6.10 Å². The Labute approximate surface area is 76.3 Å². The monoisotopic (exact) mass is 196 g/mol. The molecule has 0 radical (unpaired) electrons. The largest absolute Gasteiger partial charge is 0.411 e. The number of hydrogen-bond donors (Lipinski definition) is 0. The lowest BCUT2D eigenvalue weighted by atomic mass is 10.1. The van der Waals surface area contributed by atoms with E-state index in [1.165, 1.54) is 0 Å². The molecule has 78 valence electrons. The quantitative estimate of drug-likeness (QED) is 0.616. The molecule has 0 spiro atoms. The van der Waals surface area contributed by atoms with Crippen LogP contribution in [-0.2, 0) is 4.74 Å². The Kier molecular flexibility index (Phi) is 4.03. The highest BCUT2D eigenvalue weighted by molar-refractivity contribution is 4.64. The first-order chi connectivity index (χ1) is 6.08. The minimum absolute atomic E-state index is 0.163. The molecule has 1 nitrogen and oxygen atoms in total. The molecular formula is C9H15F3O. The molecule has 0 atom stereocenters. The number of rotatable bonds is 2. The van der Waals surface area contributed by atoms with Gasteiger partial charge in [0, 0.05) is 0 Å². The highest BCUT2D eigenvalue weighted by atomic mass is 19.4. The minimum atomic E-state index is -4.17. The van der Waals surface area contributed by atoms with E-state index in [0.29, 0.717) is 0 Å². The van der Waals surface area contributed by atoms with Crippen molar-refractivity contribution < 1.29 is 17.9 Å². The molecule has 0 unspecified atom stereocenters. The van der Waals surface area contributed by atoms with E-state index in [9.17, 15) is 13.2 Å². The SMILES string of the molecule is FC(F)(F)COC1CCCCCC1. The lowest BCUT2D eigenvalue weighted by Gasteiger charge is -2.16. The fraction of sp³-hybridized carbons (Fsp3) is 1.00. The standard InChI is InChI=1S/C9H15F3O/c10-9(11,12)7-13-8-5-3-1-2-4-6-8/h8H,1-7H2. The minimum Gasteiger partial charge on any atom is -0.369 e. The van der Waals surface area contributed by atoms with Crippen LogP contribution in [0, 0.1) is 0 Å². The molecule has 0 heterocycles. The fourth-order valence-corrected chi connectivity index (χ4v) is 1.62. The van der Waals surface area contributed by atoms with Gasteiger partial charge in [-0.3, -0.25) is 0 Å². The summed E-state index contributed by atoms with van der Waals surface area (Å²) >= 11 is 0. The predicted octanol–water partition coefficient (Wildman–Crippen LogP) is 3.29. The van der Waals surface area contributed by atoms with Gasteiger partial charge in [0.1, 0.15) is 6.61 Å². The zero-order valence-electron chi connectivity index (χ0n) is 7.57. The van der Waals surface area contributed by atoms with Crippen LogP contribution in [0.15, 0.2) is 0 Å². The summed E-state index contributed by atoms with van der Waals surface area (Å²) in [4.78, 5) is 0. The summed E-state index contributed by atoms with van der Waals surface area (Å²) in [6.07, 6.45) is 1.51. The molecule has 1 fully saturated rings. The van der Waals surface area contributed by atoms with Crippen LogP contribution in [0.1, 0.15) is 38.5 Å². The van der Waals surface area contributed by atoms with Crippen molar-refractivity contribution in [2.45, 2.75) is 50.8 Å². The average Bonchev–Trinajstić information content (AvgIpc) is 2.26. The van der Waals surface area contributed by atoms with Crippen molar-refractivity contribution in [3.63, 3.8) is 0 Å². The van der Waals surface area contributed by atoms with Crippen molar-refractivity contribution in [2.24, 2.45) is 0 Å². The van der Waals surface area contributed by atoms with Crippen molar-refractivity contribution in [2.75, 3.05) is 6.61 Å². The van der Waals surface area contributed by atoms with E-state index in [1.54, 1.807) is 0 Å². The molecule has 4 heteroatoms. The maximum atomic E-state index is 11.8. The zero-order valence-corrected chi connectivity index (χ0v) is 7.57. The Morgan fingerprint density at radius 3 is 2.00 bits per heavy atom. The van der Waals surface area contributed by atoms with E-state index in [0.717, 1.165) is 38.5 Å². The normalized spacial score (nSPS) is 21.5. The van der Waals surface area contributed by atoms with Gasteiger partial charge < -0.3 is 4.74 Å². The van der Waals surface area contributed by atoms with Gasteiger partial charge in [-0.1, -0.05) is 25.7 Å². The van der Waals surface area contributed by atoms with Crippen LogP contribution in [0.25, 0.3) is 0 Å². The lowest BCUT2D eigenvalue weighted by Crippen LogP contribution is -2.22. The number of hydrogen-bond acceptors (Lipinski definition) is 1. The van der Waals surface area contributed by atoms with Gasteiger partial charge in [-0.25, -0.2) is 0 Å². The molecule has 1 saturated carbocycles. The number of alkyl halides is 3. The van der Waals surface area contributed by atoms with Crippen molar-refractivity contribution in [1.29, 1.82) is 0 Å². The van der Waals surface area contributed by atoms with Crippen LogP contribution in [0.4, 0.5) is 13.2 Å². The first kappa shape index (κ1) is 10.8. The van der Waals surface area contributed by atoms with E-state index in [4.69, 9.17) is 4.74 Å². The van der Waals surface area contributed by atoms with Gasteiger partial charge in [0.25, 0.3) is 0 Å². The molecule has 0 aromatic rings. The zero-order chi connectivity index (χ0) is 9.73. The van der Waals surface area contributed by atoms with Crippen molar-refractivity contribution in [3.05, 3.63) is 0 Å². The molecular weight excluding hydrogens is 181 g/mol. The first-order valence-electron chi connectivity index (χ1n) is 4.76. The third-order valence-electron chi connectivity index (χ3n) is 2.28. The molecule has 1 rings (SSSR count). The summed E-state index contributed by atoms with van der Waals surface area (Å²) in [5, 5.41) is 0. The van der Waals surface area contributed by atoms with Crippen molar-refractivity contribution >= 4 is 0 Å². The van der Waals surface area contributed by atoms with Crippen molar-refractivity contribution in [3.8, 4) is 0 Å². The molecule has 0 bridgehead atoms. The highest BCUT2D eigenvalue weighted by Gasteiger charge is 2.29. The topological polar surface area (TPSA) is 9.23 Å². The number of halogens is 3. The maximum absolute atomic E-state index is 11.8. The Balaban J connectivity index is 2.19. The van der Waals surface area contributed by atoms with Crippen LogP contribution >= 0.6 is 0 Å². The third-order valence-corrected chi connectivity index (χ3v) is 2.28. The van der Waals surface area contributed by atoms with Gasteiger partial charge in [-0.05, 0) is 12.8 Å². The van der Waals surface area contributed by atoms with Crippen LogP contribution in [0.3, 0.4) is 0 Å². The van der Waals surface area contributed by atoms with Gasteiger partial charge >= 0.3 is 6.18 Å². The Morgan fingerprint density at radius 1 is 1.00 bits per heavy atom. The average molecular weight is 196 g/mol. The molecule has 0 N–H and O–H groups in total. The van der Waals surface area contributed by atoms with Crippen LogP contribution in [-0.4, -0.2) is 18.9 Å². The predicted molar refractivity (Wildman–Crippen MR) is 43.5 cm³/mol. The molecule has 13 heavy (non-hydrogen) atoms. The van der Waals surface area contributed by atoms with Gasteiger partial charge in [-0.15, -0.1) is 0 Å². The van der Waals surface area contributed by atoms with E-state index >= 15 is 0 Å². The van der Waals surface area contributed by atoms with Gasteiger partial charge in [0.05, 0.1) is 6.10 Å². The summed E-state index contributed by atoms with van der Waals surface area (Å²) in [6.45, 7) is -1.09. The van der Waals surface area contributed by atoms with Gasteiger partial charge in [0.2, 0.25) is 0 Å².